The molecule has 0 amide bonds. The molecule has 0 fully saturated rings. The van der Waals surface area contributed by atoms with Gasteiger partial charge in [0.15, 0.2) is 0 Å². The molecule has 1 aromatic carbocycles. The quantitative estimate of drug-likeness (QED) is 0.498. The highest BCUT2D eigenvalue weighted by atomic mass is 35.5. The second-order valence-corrected chi connectivity index (χ2v) is 5.49. The van der Waals surface area contributed by atoms with Crippen molar-refractivity contribution in [1.29, 1.82) is 0 Å². The molecule has 0 atom stereocenters. The number of hydrogen-bond acceptors (Lipinski definition) is 4. The molecular formula is C16H13ClN6O. The molecule has 4 aromatic rings. The van der Waals surface area contributed by atoms with E-state index in [0.717, 1.165) is 22.6 Å². The lowest BCUT2D eigenvalue weighted by Crippen LogP contribution is -2.02. The Morgan fingerprint density at radius 2 is 1.96 bits per heavy atom. The maximum Gasteiger partial charge on any atom is 0.266 e. The molecule has 0 aliphatic carbocycles. The zero-order valence-corrected chi connectivity index (χ0v) is 13.2. The molecule has 120 valence electrons. The minimum Gasteiger partial charge on any atom is -0.310 e. The fraction of sp³-hybridized carbons (Fsp3) is 0.0625. The Morgan fingerprint density at radius 1 is 1.12 bits per heavy atom. The van der Waals surface area contributed by atoms with Crippen LogP contribution in [0.5, 0.6) is 0 Å². The smallest absolute Gasteiger partial charge is 0.266 e. The van der Waals surface area contributed by atoms with Crippen molar-refractivity contribution in [3.8, 4) is 11.3 Å². The molecule has 3 N–H and O–H groups in total. The summed E-state index contributed by atoms with van der Waals surface area (Å²) in [7, 11) is 0. The molecule has 8 heteroatoms. The fourth-order valence-electron chi connectivity index (χ4n) is 2.47. The zero-order valence-electron chi connectivity index (χ0n) is 12.5. The Bertz CT molecular complexity index is 1050. The van der Waals surface area contributed by atoms with Crippen LogP contribution in [0.4, 0.5) is 11.8 Å². The fourth-order valence-corrected chi connectivity index (χ4v) is 2.60. The predicted octanol–water partition coefficient (Wildman–Crippen LogP) is 2.90. The Morgan fingerprint density at radius 3 is 2.67 bits per heavy atom. The second-order valence-electron chi connectivity index (χ2n) is 5.22. The molecule has 0 bridgehead atoms. The first-order chi connectivity index (χ1) is 11.7. The Balaban J connectivity index is 1.88. The third kappa shape index (κ3) is 2.65. The maximum atomic E-state index is 11.3. The van der Waals surface area contributed by atoms with Gasteiger partial charge < -0.3 is 5.32 Å². The Kier molecular flexibility index (Phi) is 3.55. The lowest BCUT2D eigenvalue weighted by Gasteiger charge is -2.09. The highest BCUT2D eigenvalue weighted by Gasteiger charge is 2.11. The normalized spacial score (nSPS) is 11.0. The van der Waals surface area contributed by atoms with Crippen LogP contribution in [0, 0.1) is 0 Å². The van der Waals surface area contributed by atoms with E-state index in [-0.39, 0.29) is 5.56 Å². The zero-order chi connectivity index (χ0) is 16.5. The van der Waals surface area contributed by atoms with E-state index in [1.54, 1.807) is 4.40 Å². The van der Waals surface area contributed by atoms with Crippen LogP contribution < -0.4 is 10.9 Å². The summed E-state index contributed by atoms with van der Waals surface area (Å²) in [5, 5.41) is 8.33. The number of nitrogens with one attached hydrogen (secondary N) is 3. The molecule has 0 spiro atoms. The average Bonchev–Trinajstić information content (AvgIpc) is 3.21. The molecule has 3 heterocycles. The first-order valence-corrected chi connectivity index (χ1v) is 7.81. The van der Waals surface area contributed by atoms with Gasteiger partial charge in [-0.05, 0) is 0 Å². The van der Waals surface area contributed by atoms with Crippen LogP contribution in [-0.2, 0) is 5.88 Å². The number of aromatic amines is 2. The number of imidazole rings is 1. The number of aromatic nitrogens is 5. The van der Waals surface area contributed by atoms with E-state index in [1.165, 1.54) is 6.07 Å². The van der Waals surface area contributed by atoms with Crippen molar-refractivity contribution in [1.82, 2.24) is 24.6 Å². The van der Waals surface area contributed by atoms with Crippen molar-refractivity contribution in [2.45, 2.75) is 5.88 Å². The molecule has 4 rings (SSSR count). The van der Waals surface area contributed by atoms with Gasteiger partial charge in [-0.2, -0.15) is 0 Å². The number of H-pyrrole nitrogens is 2. The van der Waals surface area contributed by atoms with Crippen LogP contribution >= 0.6 is 11.6 Å². The molecule has 0 saturated carbocycles. The van der Waals surface area contributed by atoms with Crippen LogP contribution in [0.15, 0.2) is 53.5 Å². The van der Waals surface area contributed by atoms with Crippen LogP contribution in [0.25, 0.3) is 16.9 Å². The van der Waals surface area contributed by atoms with E-state index in [9.17, 15) is 4.79 Å². The van der Waals surface area contributed by atoms with Crippen LogP contribution in [0.1, 0.15) is 5.69 Å². The number of benzene rings is 1. The first-order valence-electron chi connectivity index (χ1n) is 7.28. The molecule has 0 aliphatic rings. The number of halogens is 1. The van der Waals surface area contributed by atoms with Gasteiger partial charge in [0.05, 0.1) is 17.3 Å². The number of anilines is 2. The van der Waals surface area contributed by atoms with Crippen molar-refractivity contribution in [3.05, 3.63) is 64.7 Å². The van der Waals surface area contributed by atoms with Gasteiger partial charge in [0.2, 0.25) is 5.95 Å². The summed E-state index contributed by atoms with van der Waals surface area (Å²) < 4.78 is 1.80. The number of nitrogens with zero attached hydrogens (tertiary/aromatic N) is 3. The maximum absolute atomic E-state index is 11.3. The van der Waals surface area contributed by atoms with E-state index in [0.29, 0.717) is 17.6 Å². The molecule has 0 aliphatic heterocycles. The van der Waals surface area contributed by atoms with Crippen molar-refractivity contribution in [2.75, 3.05) is 5.32 Å². The summed E-state index contributed by atoms with van der Waals surface area (Å²) in [5.41, 5.74) is 2.99. The van der Waals surface area contributed by atoms with Gasteiger partial charge in [-0.1, -0.05) is 30.3 Å². The summed E-state index contributed by atoms with van der Waals surface area (Å²) in [4.78, 5) is 20.5. The standard InChI is InChI=1S/C16H13ClN6O/c17-8-11-9-23-14(18-11)6-12(10-4-2-1-3-5-10)19-16(23)20-13-7-15(24)22-21-13/h1-7,9H,8H2,(H3,19,20,21,22,24). The van der Waals surface area contributed by atoms with E-state index >= 15 is 0 Å². The minimum absolute atomic E-state index is 0.222. The van der Waals surface area contributed by atoms with Crippen molar-refractivity contribution < 1.29 is 0 Å². The summed E-state index contributed by atoms with van der Waals surface area (Å²) in [5.74, 6) is 1.36. The molecule has 0 radical (unpaired) electrons. The van der Waals surface area contributed by atoms with Gasteiger partial charge in [-0.25, -0.2) is 9.97 Å². The van der Waals surface area contributed by atoms with Crippen LogP contribution in [0.2, 0.25) is 0 Å². The lowest BCUT2D eigenvalue weighted by atomic mass is 10.1. The lowest BCUT2D eigenvalue weighted by molar-refractivity contribution is 1.04. The van der Waals surface area contributed by atoms with E-state index < -0.39 is 0 Å². The van der Waals surface area contributed by atoms with Crippen LogP contribution in [0.3, 0.4) is 0 Å². The number of hydrogen-bond donors (Lipinski definition) is 3. The third-order valence-corrected chi connectivity index (χ3v) is 3.83. The highest BCUT2D eigenvalue weighted by Crippen LogP contribution is 2.23. The SMILES string of the molecule is O=c1cc(Nc2nc(-c3ccccc3)cc3nc(CCl)cn23)[nH][nH]1. The van der Waals surface area contributed by atoms with E-state index in [2.05, 4.69) is 25.5 Å². The molecule has 24 heavy (non-hydrogen) atoms. The summed E-state index contributed by atoms with van der Waals surface area (Å²) in [6.45, 7) is 0. The van der Waals surface area contributed by atoms with Crippen molar-refractivity contribution in [2.24, 2.45) is 0 Å². The van der Waals surface area contributed by atoms with Crippen LogP contribution in [-0.4, -0.2) is 24.6 Å². The third-order valence-electron chi connectivity index (χ3n) is 3.55. The first kappa shape index (κ1) is 14.5. The van der Waals surface area contributed by atoms with Gasteiger partial charge in [0, 0.05) is 23.9 Å². The van der Waals surface area contributed by atoms with Gasteiger partial charge >= 0.3 is 0 Å². The monoisotopic (exact) mass is 340 g/mol. The topological polar surface area (TPSA) is 90.9 Å². The van der Waals surface area contributed by atoms with Crippen molar-refractivity contribution >= 4 is 29.0 Å². The number of alkyl halides is 1. The van der Waals surface area contributed by atoms with Gasteiger partial charge in [-0.15, -0.1) is 11.6 Å². The number of fused-ring (bicyclic) bond motifs is 1. The summed E-state index contributed by atoms with van der Waals surface area (Å²) in [6.07, 6.45) is 1.82. The van der Waals surface area contributed by atoms with E-state index in [1.807, 2.05) is 42.6 Å². The van der Waals surface area contributed by atoms with Gasteiger partial charge in [0.25, 0.3) is 5.56 Å². The Labute approximate surface area is 141 Å². The number of rotatable bonds is 4. The summed E-state index contributed by atoms with van der Waals surface area (Å²) in [6, 6.07) is 13.1. The molecule has 3 aromatic heterocycles. The van der Waals surface area contributed by atoms with Crippen molar-refractivity contribution in [3.63, 3.8) is 0 Å². The van der Waals surface area contributed by atoms with Gasteiger partial charge in [-0.3, -0.25) is 19.4 Å². The Hall–Kier alpha value is -3.06. The minimum atomic E-state index is -0.222. The largest absolute Gasteiger partial charge is 0.310 e. The molecule has 7 nitrogen and oxygen atoms in total. The second kappa shape index (κ2) is 5.86. The molecular weight excluding hydrogens is 328 g/mol. The molecule has 0 saturated heterocycles. The van der Waals surface area contributed by atoms with E-state index in [4.69, 9.17) is 11.6 Å². The molecule has 0 unspecified atom stereocenters. The predicted molar refractivity (Wildman–Crippen MR) is 92.7 cm³/mol. The van der Waals surface area contributed by atoms with Gasteiger partial charge in [0.1, 0.15) is 11.5 Å². The average molecular weight is 341 g/mol. The summed E-state index contributed by atoms with van der Waals surface area (Å²) >= 11 is 5.90. The highest BCUT2D eigenvalue weighted by molar-refractivity contribution is 6.16.